The highest BCUT2D eigenvalue weighted by Gasteiger charge is 2.47. The number of methoxy groups -OCH3 is 1. The second kappa shape index (κ2) is 11.6. The highest BCUT2D eigenvalue weighted by molar-refractivity contribution is 6.30. The van der Waals surface area contributed by atoms with E-state index in [1.807, 2.05) is 29.7 Å². The average molecular weight is 673 g/mol. The number of piperazine rings is 1. The lowest BCUT2D eigenvalue weighted by Crippen LogP contribution is -2.59. The molecule has 0 unspecified atom stereocenters. The summed E-state index contributed by atoms with van der Waals surface area (Å²) in [6.45, 7) is 5.25. The zero-order chi connectivity index (χ0) is 33.2. The molecule has 3 atom stereocenters. The van der Waals surface area contributed by atoms with E-state index in [2.05, 4.69) is 20.9 Å². The van der Waals surface area contributed by atoms with Gasteiger partial charge in [-0.25, -0.2) is 14.2 Å². The third-order valence-electron chi connectivity index (χ3n) is 10.1. The van der Waals surface area contributed by atoms with Crippen LogP contribution in [0.5, 0.6) is 11.5 Å². The van der Waals surface area contributed by atoms with E-state index in [0.29, 0.717) is 79.4 Å². The molecule has 2 aromatic heterocycles. The zero-order valence-electron chi connectivity index (χ0n) is 26.6. The summed E-state index contributed by atoms with van der Waals surface area (Å²) < 4.78 is 41.3. The number of pyridine rings is 1. The molecule has 2 saturated heterocycles. The Kier molecular flexibility index (Phi) is 7.47. The summed E-state index contributed by atoms with van der Waals surface area (Å²) in [4.78, 5) is 26.3. The second-order valence-electron chi connectivity index (χ2n) is 13.2. The maximum Gasteiger partial charge on any atom is 0.338 e. The SMILES string of the molecule is COC(=O)c1cc(F)c2nc(CN3CCN(c4cccc5c4O[C@](C)(c4ccc(Cl)cn4)O5)[C@H]4COC[C@H]43)n(CC3(CC#N)CC3)c2c1. The van der Waals surface area contributed by atoms with E-state index in [1.165, 1.54) is 13.2 Å². The summed E-state index contributed by atoms with van der Waals surface area (Å²) >= 11 is 6.08. The van der Waals surface area contributed by atoms with Crippen molar-refractivity contribution in [3.63, 3.8) is 0 Å². The predicted molar refractivity (Wildman–Crippen MR) is 173 cm³/mol. The van der Waals surface area contributed by atoms with Crippen molar-refractivity contribution >= 4 is 34.3 Å². The lowest BCUT2D eigenvalue weighted by molar-refractivity contribution is -0.0716. The minimum atomic E-state index is -1.11. The first-order valence-corrected chi connectivity index (χ1v) is 16.4. The number of nitrogens with zero attached hydrogens (tertiary/aromatic N) is 6. The van der Waals surface area contributed by atoms with Crippen LogP contribution in [0.1, 0.15) is 48.1 Å². The second-order valence-corrected chi connectivity index (χ2v) is 13.7. The van der Waals surface area contributed by atoms with E-state index in [-0.39, 0.29) is 28.6 Å². The van der Waals surface area contributed by atoms with E-state index in [9.17, 15) is 10.1 Å². The van der Waals surface area contributed by atoms with Crippen LogP contribution in [0.3, 0.4) is 0 Å². The number of carbonyl (C=O) groups is 1. The van der Waals surface area contributed by atoms with Crippen LogP contribution >= 0.6 is 11.6 Å². The van der Waals surface area contributed by atoms with Crippen LogP contribution < -0.4 is 14.4 Å². The first-order chi connectivity index (χ1) is 23.2. The summed E-state index contributed by atoms with van der Waals surface area (Å²) in [6.07, 6.45) is 3.81. The Labute approximate surface area is 281 Å². The van der Waals surface area contributed by atoms with Gasteiger partial charge in [-0.1, -0.05) is 17.7 Å². The molecular weight excluding hydrogens is 639 g/mol. The van der Waals surface area contributed by atoms with Crippen molar-refractivity contribution in [3.8, 4) is 17.6 Å². The van der Waals surface area contributed by atoms with Crippen LogP contribution in [0.2, 0.25) is 5.02 Å². The van der Waals surface area contributed by atoms with Gasteiger partial charge in [0.1, 0.15) is 17.0 Å². The van der Waals surface area contributed by atoms with E-state index in [4.69, 9.17) is 35.5 Å². The van der Waals surface area contributed by atoms with Crippen molar-refractivity contribution in [1.29, 1.82) is 5.26 Å². The van der Waals surface area contributed by atoms with Gasteiger partial charge in [-0.05, 0) is 49.2 Å². The van der Waals surface area contributed by atoms with Crippen LogP contribution in [0.15, 0.2) is 48.7 Å². The number of imidazole rings is 1. The Morgan fingerprint density at radius 1 is 1.17 bits per heavy atom. The summed E-state index contributed by atoms with van der Waals surface area (Å²) in [7, 11) is 1.28. The largest absolute Gasteiger partial charge is 0.465 e. The molecule has 0 spiro atoms. The van der Waals surface area contributed by atoms with Gasteiger partial charge in [-0.3, -0.25) is 9.88 Å². The van der Waals surface area contributed by atoms with Crippen LogP contribution in [0.4, 0.5) is 10.1 Å². The molecule has 0 bridgehead atoms. The number of anilines is 1. The molecule has 5 heterocycles. The molecule has 3 aliphatic heterocycles. The van der Waals surface area contributed by atoms with Gasteiger partial charge in [0.2, 0.25) is 0 Å². The maximum atomic E-state index is 15.4. The van der Waals surface area contributed by atoms with E-state index < -0.39 is 17.6 Å². The number of rotatable bonds is 8. The summed E-state index contributed by atoms with van der Waals surface area (Å²) in [5, 5.41) is 10.1. The molecule has 8 rings (SSSR count). The van der Waals surface area contributed by atoms with Gasteiger partial charge in [-0.2, -0.15) is 5.26 Å². The number of ether oxygens (including phenoxy) is 4. The number of halogens is 2. The smallest absolute Gasteiger partial charge is 0.338 e. The molecule has 48 heavy (non-hydrogen) atoms. The zero-order valence-corrected chi connectivity index (χ0v) is 27.4. The highest BCUT2D eigenvalue weighted by atomic mass is 35.5. The van der Waals surface area contributed by atoms with Crippen LogP contribution in [0.25, 0.3) is 11.0 Å². The third kappa shape index (κ3) is 5.21. The number of fused-ring (bicyclic) bond motifs is 3. The van der Waals surface area contributed by atoms with Crippen molar-refractivity contribution < 1.29 is 28.1 Å². The van der Waals surface area contributed by atoms with E-state index in [1.54, 1.807) is 24.4 Å². The fraction of sp³-hybridized carbons (Fsp3) is 0.429. The molecule has 1 saturated carbocycles. The first kappa shape index (κ1) is 30.9. The molecule has 2 aromatic carbocycles. The molecule has 0 amide bonds. The minimum absolute atomic E-state index is 0.0169. The predicted octanol–water partition coefficient (Wildman–Crippen LogP) is 5.44. The van der Waals surface area contributed by atoms with Crippen molar-refractivity contribution in [1.82, 2.24) is 19.4 Å². The van der Waals surface area contributed by atoms with Gasteiger partial charge in [0.05, 0.1) is 66.8 Å². The summed E-state index contributed by atoms with van der Waals surface area (Å²) in [6, 6.07) is 14.7. The average Bonchev–Trinajstić information content (AvgIpc) is 3.36. The molecule has 11 nitrogen and oxygen atoms in total. The molecule has 0 radical (unpaired) electrons. The monoisotopic (exact) mass is 672 g/mol. The van der Waals surface area contributed by atoms with Gasteiger partial charge in [-0.15, -0.1) is 0 Å². The fourth-order valence-electron chi connectivity index (χ4n) is 7.34. The first-order valence-electron chi connectivity index (χ1n) is 16.1. The Balaban J connectivity index is 1.09. The van der Waals surface area contributed by atoms with Gasteiger partial charge >= 0.3 is 5.97 Å². The molecule has 1 aliphatic carbocycles. The van der Waals surface area contributed by atoms with Crippen LogP contribution in [0, 0.1) is 22.6 Å². The lowest BCUT2D eigenvalue weighted by Gasteiger charge is -2.44. The van der Waals surface area contributed by atoms with Crippen molar-refractivity contribution in [3.05, 3.63) is 76.6 Å². The van der Waals surface area contributed by atoms with Gasteiger partial charge in [0.25, 0.3) is 5.79 Å². The topological polar surface area (TPSA) is 115 Å². The van der Waals surface area contributed by atoms with Crippen LogP contribution in [-0.4, -0.2) is 70.9 Å². The Morgan fingerprint density at radius 2 is 2.00 bits per heavy atom. The summed E-state index contributed by atoms with van der Waals surface area (Å²) in [5.74, 6) is -0.316. The van der Waals surface area contributed by atoms with Crippen molar-refractivity contribution in [2.75, 3.05) is 38.3 Å². The number of benzene rings is 2. The minimum Gasteiger partial charge on any atom is -0.465 e. The standard InChI is InChI=1S/C35H34ClFN6O5/c1-34(29-7-6-22(36)16-39-29)47-28-5-3-4-24(32(28)48-34)42-13-12-41(26-18-46-19-27(26)42)17-30-40-31-23(37)14-21(33(44)45-2)15-25(31)43(30)20-35(8-9-35)10-11-38/h3-7,14-16,26-27H,8-10,12-13,17-20H2,1-2H3/t26-,27+,34-/m1/s1. The van der Waals surface area contributed by atoms with E-state index in [0.717, 1.165) is 18.5 Å². The number of hydrogen-bond donors (Lipinski definition) is 0. The number of para-hydroxylation sites is 1. The van der Waals surface area contributed by atoms with E-state index >= 15 is 4.39 Å². The Morgan fingerprint density at radius 3 is 2.75 bits per heavy atom. The Hall–Kier alpha value is -4.44. The van der Waals surface area contributed by atoms with Gasteiger partial charge in [0, 0.05) is 44.6 Å². The molecule has 0 N–H and O–H groups in total. The maximum absolute atomic E-state index is 15.4. The normalized spacial score (nSPS) is 24.0. The number of esters is 1. The Bertz CT molecular complexity index is 1960. The number of hydrogen-bond acceptors (Lipinski definition) is 10. The lowest BCUT2D eigenvalue weighted by atomic mass is 10.0. The number of nitriles is 1. The molecule has 13 heteroatoms. The number of aromatic nitrogens is 3. The van der Waals surface area contributed by atoms with Crippen LogP contribution in [-0.2, 0) is 28.4 Å². The third-order valence-corrected chi connectivity index (χ3v) is 10.4. The number of carbonyl (C=O) groups excluding carboxylic acids is 1. The highest BCUT2D eigenvalue weighted by Crippen LogP contribution is 2.52. The summed E-state index contributed by atoms with van der Waals surface area (Å²) in [5.41, 5.74) is 2.21. The molecule has 3 fully saturated rings. The van der Waals surface area contributed by atoms with Gasteiger partial charge in [0.15, 0.2) is 17.3 Å². The van der Waals surface area contributed by atoms with Gasteiger partial charge < -0.3 is 28.4 Å². The molecule has 248 valence electrons. The fourth-order valence-corrected chi connectivity index (χ4v) is 7.46. The molecule has 4 aromatic rings. The molecular formula is C35H34ClFN6O5. The molecule has 4 aliphatic rings. The van der Waals surface area contributed by atoms with Crippen molar-refractivity contribution in [2.24, 2.45) is 5.41 Å². The van der Waals surface area contributed by atoms with Crippen molar-refractivity contribution in [2.45, 2.75) is 57.1 Å². The quantitative estimate of drug-likeness (QED) is 0.224.